The lowest BCUT2D eigenvalue weighted by Crippen LogP contribution is -2.31. The van der Waals surface area contributed by atoms with Crippen molar-refractivity contribution in [2.24, 2.45) is 0 Å². The predicted molar refractivity (Wildman–Crippen MR) is 132 cm³/mol. The van der Waals surface area contributed by atoms with Crippen LogP contribution in [-0.2, 0) is 4.79 Å². The average Bonchev–Trinajstić information content (AvgIpc) is 3.19. The van der Waals surface area contributed by atoms with Gasteiger partial charge in [0.25, 0.3) is 5.91 Å². The molecule has 1 amide bonds. The summed E-state index contributed by atoms with van der Waals surface area (Å²) in [5.41, 5.74) is 6.94. The van der Waals surface area contributed by atoms with Crippen LogP contribution in [0.1, 0.15) is 28.1 Å². The van der Waals surface area contributed by atoms with Crippen LogP contribution in [0.3, 0.4) is 0 Å². The summed E-state index contributed by atoms with van der Waals surface area (Å²) in [6, 6.07) is 13.8. The number of anilines is 1. The standard InChI is InChI=1S/C24H23Cl2N3OS/c1-13-5-7-19(12-20(13)26)29-15(3)10-17(16(29)4)11-22-23(30)28-24(31-22)27-21-8-6-18(25)9-14(21)2/h5-12,24,27H,1-4H3,(H,28,30)/b22-11-. The molecule has 0 bridgehead atoms. The van der Waals surface area contributed by atoms with Crippen LogP contribution in [0.25, 0.3) is 11.8 Å². The molecule has 1 saturated heterocycles. The molecule has 2 N–H and O–H groups in total. The number of rotatable bonds is 4. The first-order valence-electron chi connectivity index (χ1n) is 9.90. The summed E-state index contributed by atoms with van der Waals surface area (Å²) in [5.74, 6) is -0.0858. The summed E-state index contributed by atoms with van der Waals surface area (Å²) in [7, 11) is 0. The van der Waals surface area contributed by atoms with Crippen LogP contribution in [0.2, 0.25) is 10.0 Å². The second-order valence-corrected chi connectivity index (χ2v) is 9.67. The van der Waals surface area contributed by atoms with Crippen molar-refractivity contribution < 1.29 is 4.79 Å². The smallest absolute Gasteiger partial charge is 0.260 e. The van der Waals surface area contributed by atoms with E-state index in [-0.39, 0.29) is 11.4 Å². The van der Waals surface area contributed by atoms with Crippen LogP contribution in [0.5, 0.6) is 0 Å². The van der Waals surface area contributed by atoms with E-state index in [9.17, 15) is 4.79 Å². The molecule has 7 heteroatoms. The van der Waals surface area contributed by atoms with Crippen LogP contribution in [0.15, 0.2) is 47.4 Å². The van der Waals surface area contributed by atoms with Crippen molar-refractivity contribution in [3.63, 3.8) is 0 Å². The van der Waals surface area contributed by atoms with E-state index in [0.29, 0.717) is 9.93 Å². The number of halogens is 2. The monoisotopic (exact) mass is 471 g/mol. The Balaban J connectivity index is 1.59. The molecule has 1 atom stereocenters. The molecule has 1 aromatic heterocycles. The highest BCUT2D eigenvalue weighted by molar-refractivity contribution is 8.05. The molecule has 0 radical (unpaired) electrons. The fraction of sp³-hybridized carbons (Fsp3) is 0.208. The van der Waals surface area contributed by atoms with Crippen molar-refractivity contribution in [2.75, 3.05) is 5.32 Å². The molecule has 1 fully saturated rings. The summed E-state index contributed by atoms with van der Waals surface area (Å²) < 4.78 is 2.15. The first-order chi connectivity index (χ1) is 14.7. The molecule has 160 valence electrons. The Morgan fingerprint density at radius 1 is 1.03 bits per heavy atom. The van der Waals surface area contributed by atoms with Gasteiger partial charge in [-0.3, -0.25) is 4.79 Å². The third-order valence-corrected chi connectivity index (χ3v) is 7.05. The van der Waals surface area contributed by atoms with E-state index in [1.54, 1.807) is 0 Å². The van der Waals surface area contributed by atoms with E-state index in [1.165, 1.54) is 11.8 Å². The van der Waals surface area contributed by atoms with Gasteiger partial charge in [0, 0.05) is 32.8 Å². The lowest BCUT2D eigenvalue weighted by Gasteiger charge is -2.15. The summed E-state index contributed by atoms with van der Waals surface area (Å²) >= 11 is 13.8. The van der Waals surface area contributed by atoms with Crippen molar-refractivity contribution in [3.05, 3.63) is 85.5 Å². The second kappa shape index (κ2) is 8.65. The van der Waals surface area contributed by atoms with Gasteiger partial charge in [0.1, 0.15) is 0 Å². The van der Waals surface area contributed by atoms with Crippen molar-refractivity contribution >= 4 is 52.6 Å². The van der Waals surface area contributed by atoms with Gasteiger partial charge in [0.15, 0.2) is 5.50 Å². The summed E-state index contributed by atoms with van der Waals surface area (Å²) in [4.78, 5) is 13.3. The molecule has 4 nitrogen and oxygen atoms in total. The van der Waals surface area contributed by atoms with Gasteiger partial charge < -0.3 is 15.2 Å². The van der Waals surface area contributed by atoms with Gasteiger partial charge in [-0.1, -0.05) is 41.0 Å². The van der Waals surface area contributed by atoms with Crippen LogP contribution in [0, 0.1) is 27.7 Å². The first-order valence-corrected chi connectivity index (χ1v) is 11.5. The van der Waals surface area contributed by atoms with Gasteiger partial charge in [-0.15, -0.1) is 0 Å². The number of nitrogens with one attached hydrogen (secondary N) is 2. The normalized spacial score (nSPS) is 17.3. The number of carbonyl (C=O) groups excluding carboxylic acids is 1. The van der Waals surface area contributed by atoms with Gasteiger partial charge in [0.2, 0.25) is 0 Å². The average molecular weight is 472 g/mol. The Labute approximate surface area is 196 Å². The topological polar surface area (TPSA) is 46.1 Å². The minimum Gasteiger partial charge on any atom is -0.356 e. The van der Waals surface area contributed by atoms with Crippen LogP contribution in [0.4, 0.5) is 5.69 Å². The number of hydrogen-bond acceptors (Lipinski definition) is 3. The number of amides is 1. The molecular formula is C24H23Cl2N3OS. The van der Waals surface area contributed by atoms with E-state index in [4.69, 9.17) is 23.2 Å². The number of aryl methyl sites for hydroxylation is 3. The minimum atomic E-state index is -0.238. The fourth-order valence-electron chi connectivity index (χ4n) is 3.69. The van der Waals surface area contributed by atoms with Crippen molar-refractivity contribution in [3.8, 4) is 5.69 Å². The molecule has 1 aliphatic heterocycles. The molecule has 31 heavy (non-hydrogen) atoms. The van der Waals surface area contributed by atoms with E-state index in [0.717, 1.165) is 44.5 Å². The molecule has 1 aliphatic rings. The van der Waals surface area contributed by atoms with Crippen LogP contribution >= 0.6 is 35.0 Å². The molecule has 1 unspecified atom stereocenters. The molecular weight excluding hydrogens is 449 g/mol. The highest BCUT2D eigenvalue weighted by Crippen LogP contribution is 2.33. The van der Waals surface area contributed by atoms with Gasteiger partial charge in [-0.2, -0.15) is 0 Å². The summed E-state index contributed by atoms with van der Waals surface area (Å²) in [6.07, 6.45) is 1.95. The third kappa shape index (κ3) is 4.49. The Hall–Kier alpha value is -2.34. The van der Waals surface area contributed by atoms with Gasteiger partial charge in [-0.25, -0.2) is 0 Å². The number of aromatic nitrogens is 1. The number of nitrogens with zero attached hydrogens (tertiary/aromatic N) is 1. The zero-order valence-electron chi connectivity index (χ0n) is 17.7. The Kier molecular flexibility index (Phi) is 6.11. The summed E-state index contributed by atoms with van der Waals surface area (Å²) in [6.45, 7) is 8.08. The number of hydrogen-bond donors (Lipinski definition) is 2. The maximum absolute atomic E-state index is 12.6. The zero-order valence-corrected chi connectivity index (χ0v) is 20.0. The molecule has 2 heterocycles. The van der Waals surface area contributed by atoms with Crippen LogP contribution < -0.4 is 10.6 Å². The zero-order chi connectivity index (χ0) is 22.3. The largest absolute Gasteiger partial charge is 0.356 e. The third-order valence-electron chi connectivity index (χ3n) is 5.38. The molecule has 4 rings (SSSR count). The first kappa shape index (κ1) is 21.9. The predicted octanol–water partition coefficient (Wildman–Crippen LogP) is 6.62. The maximum Gasteiger partial charge on any atom is 0.260 e. The molecule has 3 aromatic rings. The van der Waals surface area contributed by atoms with Crippen molar-refractivity contribution in [1.82, 2.24) is 9.88 Å². The van der Waals surface area contributed by atoms with E-state index in [1.807, 2.05) is 50.3 Å². The molecule has 0 spiro atoms. The van der Waals surface area contributed by atoms with Gasteiger partial charge in [0.05, 0.1) is 4.91 Å². The van der Waals surface area contributed by atoms with E-state index >= 15 is 0 Å². The SMILES string of the molecule is Cc1ccc(-n2c(C)cc(/C=C3\SC(Nc4ccc(Cl)cc4C)NC3=O)c2C)cc1Cl. The minimum absolute atomic E-state index is 0.0858. The molecule has 2 aromatic carbocycles. The number of carbonyl (C=O) groups is 1. The van der Waals surface area contributed by atoms with Crippen molar-refractivity contribution in [2.45, 2.75) is 33.2 Å². The maximum atomic E-state index is 12.6. The molecule has 0 aliphatic carbocycles. The van der Waals surface area contributed by atoms with E-state index in [2.05, 4.69) is 41.2 Å². The second-order valence-electron chi connectivity index (χ2n) is 7.68. The number of thioether (sulfide) groups is 1. The van der Waals surface area contributed by atoms with Crippen LogP contribution in [-0.4, -0.2) is 16.0 Å². The Bertz CT molecular complexity index is 1220. The highest BCUT2D eigenvalue weighted by atomic mass is 35.5. The van der Waals surface area contributed by atoms with Crippen molar-refractivity contribution in [1.29, 1.82) is 0 Å². The van der Waals surface area contributed by atoms with E-state index < -0.39 is 0 Å². The quantitative estimate of drug-likeness (QED) is 0.420. The lowest BCUT2D eigenvalue weighted by atomic mass is 10.2. The summed E-state index contributed by atoms with van der Waals surface area (Å²) in [5, 5.41) is 7.78. The fourth-order valence-corrected chi connectivity index (χ4v) is 5.06. The molecule has 0 saturated carbocycles. The highest BCUT2D eigenvalue weighted by Gasteiger charge is 2.28. The van der Waals surface area contributed by atoms with Gasteiger partial charge in [-0.05, 0) is 86.9 Å². The van der Waals surface area contributed by atoms with Gasteiger partial charge >= 0.3 is 0 Å². The lowest BCUT2D eigenvalue weighted by molar-refractivity contribution is -0.116. The number of benzene rings is 2. The Morgan fingerprint density at radius 3 is 2.52 bits per heavy atom. The Morgan fingerprint density at radius 2 is 1.81 bits per heavy atom.